The van der Waals surface area contributed by atoms with Crippen molar-refractivity contribution < 1.29 is 14.3 Å². The Morgan fingerprint density at radius 2 is 2.12 bits per heavy atom. The second-order valence-electron chi connectivity index (χ2n) is 5.27. The molecule has 0 saturated carbocycles. The van der Waals surface area contributed by atoms with E-state index in [-0.39, 0.29) is 5.91 Å². The zero-order valence-electron chi connectivity index (χ0n) is 15.0. The maximum atomic E-state index is 12.4. The minimum Gasteiger partial charge on any atom is -0.493 e. The fraction of sp³-hybridized carbons (Fsp3) is 0.353. The van der Waals surface area contributed by atoms with E-state index in [1.165, 1.54) is 23.1 Å². The van der Waals surface area contributed by atoms with Gasteiger partial charge in [0.15, 0.2) is 15.8 Å². The third-order valence-corrected chi connectivity index (χ3v) is 5.42. The molecule has 0 aliphatic carbocycles. The lowest BCUT2D eigenvalue weighted by molar-refractivity contribution is -0.127. The van der Waals surface area contributed by atoms with E-state index in [1.54, 1.807) is 32.2 Å². The molecule has 2 rings (SSSR count). The van der Waals surface area contributed by atoms with Crippen molar-refractivity contribution in [1.29, 1.82) is 0 Å². The predicted octanol–water partition coefficient (Wildman–Crippen LogP) is 2.90. The van der Waals surface area contributed by atoms with Crippen LogP contribution in [-0.4, -0.2) is 54.6 Å². The lowest BCUT2D eigenvalue weighted by atomic mass is 10.2. The molecular weight excluding hydrogens is 372 g/mol. The van der Waals surface area contributed by atoms with E-state index >= 15 is 0 Å². The molecule has 2 aromatic rings. The minimum absolute atomic E-state index is 0.0144. The highest BCUT2D eigenvalue weighted by atomic mass is 32.2. The van der Waals surface area contributed by atoms with Crippen LogP contribution in [0.25, 0.3) is 0 Å². The number of methoxy groups -OCH3 is 2. The average Bonchev–Trinajstić information content (AvgIpc) is 3.12. The Kier molecular flexibility index (Phi) is 7.73. The largest absolute Gasteiger partial charge is 0.493 e. The summed E-state index contributed by atoms with van der Waals surface area (Å²) in [6.07, 6.45) is 1.75. The van der Waals surface area contributed by atoms with Crippen LogP contribution in [0.2, 0.25) is 0 Å². The fourth-order valence-electron chi connectivity index (χ4n) is 2.07. The van der Waals surface area contributed by atoms with E-state index in [9.17, 15) is 4.79 Å². The zero-order valence-corrected chi connectivity index (χ0v) is 16.7. The summed E-state index contributed by atoms with van der Waals surface area (Å²) in [5, 5.41) is 11.9. The number of nitrogens with zero attached hydrogens (tertiary/aromatic N) is 3. The van der Waals surface area contributed by atoms with Crippen molar-refractivity contribution in [1.82, 2.24) is 15.1 Å². The van der Waals surface area contributed by atoms with Gasteiger partial charge in [-0.05, 0) is 17.7 Å². The summed E-state index contributed by atoms with van der Waals surface area (Å²) in [7, 11) is 4.96. The van der Waals surface area contributed by atoms with Gasteiger partial charge in [-0.3, -0.25) is 4.79 Å². The minimum atomic E-state index is 0.0144. The number of hydrogen-bond acceptors (Lipinski definition) is 8. The highest BCUT2D eigenvalue weighted by molar-refractivity contribution is 8.01. The van der Waals surface area contributed by atoms with Gasteiger partial charge < -0.3 is 19.7 Å². The molecule has 0 spiro atoms. The van der Waals surface area contributed by atoms with Gasteiger partial charge in [0, 0.05) is 20.1 Å². The van der Waals surface area contributed by atoms with Crippen molar-refractivity contribution in [2.45, 2.75) is 10.9 Å². The highest BCUT2D eigenvalue weighted by Crippen LogP contribution is 2.28. The summed E-state index contributed by atoms with van der Waals surface area (Å²) in [6.45, 7) is 4.76. The Morgan fingerprint density at radius 3 is 2.81 bits per heavy atom. The topological polar surface area (TPSA) is 76.6 Å². The van der Waals surface area contributed by atoms with E-state index in [2.05, 4.69) is 22.1 Å². The van der Waals surface area contributed by atoms with Gasteiger partial charge in [0.2, 0.25) is 11.0 Å². The number of anilines is 1. The maximum absolute atomic E-state index is 12.4. The number of ether oxygens (including phenoxy) is 2. The van der Waals surface area contributed by atoms with Crippen molar-refractivity contribution >= 4 is 34.1 Å². The van der Waals surface area contributed by atoms with E-state index in [1.807, 2.05) is 18.2 Å². The monoisotopic (exact) mass is 394 g/mol. The molecule has 0 aliphatic heterocycles. The second kappa shape index (κ2) is 10.0. The standard InChI is InChI=1S/C17H22N4O3S2/c1-5-8-18-16-19-20-17(26-16)25-11-15(22)21(2)10-12-6-7-13(23-3)14(9-12)24-4/h5-7,9H,1,8,10-11H2,2-4H3,(H,18,19). The summed E-state index contributed by atoms with van der Waals surface area (Å²) in [5.74, 6) is 1.63. The van der Waals surface area contributed by atoms with Crippen molar-refractivity contribution in [2.24, 2.45) is 0 Å². The van der Waals surface area contributed by atoms with Crippen molar-refractivity contribution in [3.8, 4) is 11.5 Å². The number of nitrogens with one attached hydrogen (secondary N) is 1. The van der Waals surface area contributed by atoms with E-state index in [0.29, 0.717) is 30.3 Å². The van der Waals surface area contributed by atoms with E-state index in [0.717, 1.165) is 15.0 Å². The van der Waals surface area contributed by atoms with Crippen molar-refractivity contribution in [2.75, 3.05) is 38.9 Å². The lowest BCUT2D eigenvalue weighted by Gasteiger charge is -2.18. The summed E-state index contributed by atoms with van der Waals surface area (Å²) >= 11 is 2.80. The SMILES string of the molecule is C=CCNc1nnc(SCC(=O)N(C)Cc2ccc(OC)c(OC)c2)s1. The van der Waals surface area contributed by atoms with E-state index in [4.69, 9.17) is 9.47 Å². The normalized spacial score (nSPS) is 10.3. The molecule has 7 nitrogen and oxygen atoms in total. The predicted molar refractivity (Wildman–Crippen MR) is 105 cm³/mol. The van der Waals surface area contributed by atoms with Crippen LogP contribution in [0.1, 0.15) is 5.56 Å². The summed E-state index contributed by atoms with van der Waals surface area (Å²) in [5.41, 5.74) is 0.968. The quantitative estimate of drug-likeness (QED) is 0.490. The molecule has 0 atom stereocenters. The Hall–Kier alpha value is -2.26. The smallest absolute Gasteiger partial charge is 0.233 e. The van der Waals surface area contributed by atoms with Gasteiger partial charge in [-0.1, -0.05) is 35.2 Å². The van der Waals surface area contributed by atoms with Gasteiger partial charge in [0.1, 0.15) is 0 Å². The number of thioether (sulfide) groups is 1. The second-order valence-corrected chi connectivity index (χ2v) is 7.47. The number of benzene rings is 1. The molecule has 1 N–H and O–H groups in total. The van der Waals surface area contributed by atoms with Crippen molar-refractivity contribution in [3.05, 3.63) is 36.4 Å². The van der Waals surface area contributed by atoms with Crippen LogP contribution < -0.4 is 14.8 Å². The molecule has 1 aromatic heterocycles. The Morgan fingerprint density at radius 1 is 1.35 bits per heavy atom. The number of amides is 1. The summed E-state index contributed by atoms with van der Waals surface area (Å²) in [4.78, 5) is 14.0. The number of carbonyl (C=O) groups is 1. The first kappa shape index (κ1) is 20.1. The molecule has 1 aromatic carbocycles. The Balaban J connectivity index is 1.87. The first-order valence-electron chi connectivity index (χ1n) is 7.83. The Bertz CT molecular complexity index is 751. The third-order valence-electron chi connectivity index (χ3n) is 3.42. The van der Waals surface area contributed by atoms with Crippen molar-refractivity contribution in [3.63, 3.8) is 0 Å². The van der Waals surface area contributed by atoms with Crippen LogP contribution in [0, 0.1) is 0 Å². The van der Waals surface area contributed by atoms with E-state index < -0.39 is 0 Å². The average molecular weight is 395 g/mol. The molecule has 0 radical (unpaired) electrons. The van der Waals surface area contributed by atoms with Crippen LogP contribution in [0.5, 0.6) is 11.5 Å². The molecule has 26 heavy (non-hydrogen) atoms. The Labute approximate surface area is 161 Å². The van der Waals surface area contributed by atoms with Crippen LogP contribution in [0.3, 0.4) is 0 Å². The van der Waals surface area contributed by atoms with Crippen LogP contribution in [0.15, 0.2) is 35.2 Å². The maximum Gasteiger partial charge on any atom is 0.233 e. The van der Waals surface area contributed by atoms with Crippen LogP contribution >= 0.6 is 23.1 Å². The molecule has 0 bridgehead atoms. The summed E-state index contributed by atoms with van der Waals surface area (Å²) < 4.78 is 11.3. The molecular formula is C17H22N4O3S2. The first-order chi connectivity index (χ1) is 12.6. The van der Waals surface area contributed by atoms with Gasteiger partial charge >= 0.3 is 0 Å². The molecule has 0 saturated heterocycles. The van der Waals surface area contributed by atoms with Crippen LogP contribution in [-0.2, 0) is 11.3 Å². The lowest BCUT2D eigenvalue weighted by Crippen LogP contribution is -2.27. The number of hydrogen-bond donors (Lipinski definition) is 1. The molecule has 1 amide bonds. The number of aromatic nitrogens is 2. The molecule has 9 heteroatoms. The molecule has 0 fully saturated rings. The van der Waals surface area contributed by atoms with Gasteiger partial charge in [-0.2, -0.15) is 0 Å². The summed E-state index contributed by atoms with van der Waals surface area (Å²) in [6, 6.07) is 5.62. The van der Waals surface area contributed by atoms with Gasteiger partial charge in [0.05, 0.1) is 20.0 Å². The van der Waals surface area contributed by atoms with Gasteiger partial charge in [-0.15, -0.1) is 16.8 Å². The number of carbonyl (C=O) groups excluding carboxylic acids is 1. The van der Waals surface area contributed by atoms with Crippen LogP contribution in [0.4, 0.5) is 5.13 Å². The fourth-order valence-corrected chi connectivity index (χ4v) is 3.77. The molecule has 0 aliphatic rings. The third kappa shape index (κ3) is 5.63. The van der Waals surface area contributed by atoms with Gasteiger partial charge in [-0.25, -0.2) is 0 Å². The molecule has 140 valence electrons. The first-order valence-corrected chi connectivity index (χ1v) is 9.63. The zero-order chi connectivity index (χ0) is 18.9. The number of rotatable bonds is 10. The van der Waals surface area contributed by atoms with Gasteiger partial charge in [0.25, 0.3) is 0 Å². The highest BCUT2D eigenvalue weighted by Gasteiger charge is 2.13. The molecule has 1 heterocycles. The molecule has 0 unspecified atom stereocenters.